The molecule has 1 aliphatic carbocycles. The van der Waals surface area contributed by atoms with E-state index in [0.29, 0.717) is 18.7 Å². The maximum absolute atomic E-state index is 11.8. The Bertz CT molecular complexity index is 971. The predicted molar refractivity (Wildman–Crippen MR) is 107 cm³/mol. The quantitative estimate of drug-likeness (QED) is 0.623. The second-order valence-corrected chi connectivity index (χ2v) is 7.48. The fourth-order valence-corrected chi connectivity index (χ4v) is 3.85. The van der Waals surface area contributed by atoms with E-state index < -0.39 is 18.1 Å². The second-order valence-electron chi connectivity index (χ2n) is 7.48. The van der Waals surface area contributed by atoms with E-state index in [2.05, 4.69) is 20.3 Å². The lowest BCUT2D eigenvalue weighted by atomic mass is 9.90. The largest absolute Gasteiger partial charge is 0.490 e. The molecule has 2 aromatic rings. The lowest BCUT2D eigenvalue weighted by molar-refractivity contribution is -0.192. The van der Waals surface area contributed by atoms with Crippen LogP contribution in [0.4, 0.5) is 13.2 Å². The van der Waals surface area contributed by atoms with Gasteiger partial charge in [0.2, 0.25) is 0 Å². The van der Waals surface area contributed by atoms with Crippen molar-refractivity contribution in [1.82, 2.24) is 25.0 Å². The summed E-state index contributed by atoms with van der Waals surface area (Å²) >= 11 is 0. The van der Waals surface area contributed by atoms with Crippen LogP contribution in [-0.2, 0) is 24.2 Å². The number of aromatic nitrogens is 3. The highest BCUT2D eigenvalue weighted by molar-refractivity contribution is 5.90. The van der Waals surface area contributed by atoms with Crippen molar-refractivity contribution in [3.63, 3.8) is 0 Å². The van der Waals surface area contributed by atoms with E-state index in [9.17, 15) is 23.1 Å². The third-order valence-electron chi connectivity index (χ3n) is 5.35. The maximum atomic E-state index is 11.8. The number of hydrogen-bond donors (Lipinski definition) is 3. The molecule has 0 saturated carbocycles. The Balaban J connectivity index is 0.000000360. The normalized spacial score (nSPS) is 15.8. The Morgan fingerprint density at radius 3 is 2.44 bits per heavy atom. The van der Waals surface area contributed by atoms with Gasteiger partial charge >= 0.3 is 18.1 Å². The number of carboxylic acids is 2. The van der Waals surface area contributed by atoms with Gasteiger partial charge < -0.3 is 20.4 Å². The molecule has 0 radical (unpaired) electrons. The molecule has 0 unspecified atom stereocenters. The minimum absolute atomic E-state index is 0.359. The number of carboxylic acid groups (broad SMARTS) is 2. The highest BCUT2D eigenvalue weighted by atomic mass is 19.4. The summed E-state index contributed by atoms with van der Waals surface area (Å²) < 4.78 is 33.4. The number of halogens is 3. The molecule has 3 heterocycles. The van der Waals surface area contributed by atoms with Crippen LogP contribution >= 0.6 is 0 Å². The van der Waals surface area contributed by atoms with Crippen molar-refractivity contribution in [2.45, 2.75) is 32.0 Å². The first-order chi connectivity index (χ1) is 15.2. The molecule has 0 spiro atoms. The summed E-state index contributed by atoms with van der Waals surface area (Å²) in [4.78, 5) is 27.3. The van der Waals surface area contributed by atoms with E-state index in [1.807, 2.05) is 12.3 Å². The molecular weight excluding hydrogens is 431 g/mol. The Kier molecular flexibility index (Phi) is 7.46. The molecule has 12 heteroatoms. The van der Waals surface area contributed by atoms with Crippen LogP contribution in [0.2, 0.25) is 0 Å². The van der Waals surface area contributed by atoms with E-state index in [4.69, 9.17) is 9.90 Å². The highest BCUT2D eigenvalue weighted by Crippen LogP contribution is 2.34. The maximum Gasteiger partial charge on any atom is 0.490 e. The lowest BCUT2D eigenvalue weighted by Crippen LogP contribution is -2.43. The van der Waals surface area contributed by atoms with Crippen molar-refractivity contribution in [1.29, 1.82) is 0 Å². The molecule has 3 N–H and O–H groups in total. The van der Waals surface area contributed by atoms with Gasteiger partial charge in [0.1, 0.15) is 5.69 Å². The van der Waals surface area contributed by atoms with Gasteiger partial charge in [-0.2, -0.15) is 18.3 Å². The van der Waals surface area contributed by atoms with Gasteiger partial charge in [0.25, 0.3) is 0 Å². The van der Waals surface area contributed by atoms with Crippen molar-refractivity contribution in [3.8, 4) is 11.3 Å². The summed E-state index contributed by atoms with van der Waals surface area (Å²) in [5.41, 5.74) is 4.23. The molecule has 0 atom stereocenters. The Hall–Kier alpha value is -2.99. The Labute approximate surface area is 181 Å². The molecule has 0 amide bonds. The number of aromatic carboxylic acids is 1. The van der Waals surface area contributed by atoms with Gasteiger partial charge in [-0.1, -0.05) is 0 Å². The van der Waals surface area contributed by atoms with Gasteiger partial charge in [0, 0.05) is 56.2 Å². The molecule has 2 aliphatic rings. The molecule has 0 aromatic carbocycles. The highest BCUT2D eigenvalue weighted by Gasteiger charge is 2.38. The molecule has 0 bridgehead atoms. The first kappa shape index (κ1) is 23.7. The number of fused-ring (bicyclic) bond motifs is 3. The molecule has 9 nitrogen and oxygen atoms in total. The van der Waals surface area contributed by atoms with Gasteiger partial charge in [0.15, 0.2) is 0 Å². The van der Waals surface area contributed by atoms with Crippen LogP contribution in [-0.4, -0.2) is 80.7 Å². The van der Waals surface area contributed by atoms with Crippen molar-refractivity contribution in [3.05, 3.63) is 35.3 Å². The number of alkyl halides is 3. The molecular formula is C20H24F3N5O4. The average Bonchev–Trinajstić information content (AvgIpc) is 3.13. The van der Waals surface area contributed by atoms with E-state index in [0.717, 1.165) is 67.9 Å². The van der Waals surface area contributed by atoms with Crippen molar-refractivity contribution in [2.24, 2.45) is 0 Å². The summed E-state index contributed by atoms with van der Waals surface area (Å²) in [6.45, 7) is 5.79. The summed E-state index contributed by atoms with van der Waals surface area (Å²) in [7, 11) is 0. The molecule has 32 heavy (non-hydrogen) atoms. The minimum Gasteiger partial charge on any atom is -0.477 e. The van der Waals surface area contributed by atoms with E-state index in [1.165, 1.54) is 0 Å². The molecule has 1 saturated heterocycles. The van der Waals surface area contributed by atoms with Gasteiger partial charge in [-0.3, -0.25) is 9.67 Å². The average molecular weight is 455 g/mol. The smallest absolute Gasteiger partial charge is 0.477 e. The SMILES string of the molecule is O=C(O)C(F)(F)F.O=C(O)c1c2c(nn1CCCN1CCNCC1)-c1ccncc1CC2. The van der Waals surface area contributed by atoms with Crippen LogP contribution in [0.5, 0.6) is 0 Å². The summed E-state index contributed by atoms with van der Waals surface area (Å²) in [5.74, 6) is -3.64. The van der Waals surface area contributed by atoms with Gasteiger partial charge in [-0.25, -0.2) is 9.59 Å². The van der Waals surface area contributed by atoms with Gasteiger partial charge in [0.05, 0.1) is 5.69 Å². The standard InChI is InChI=1S/C18H23N5O2.C2HF3O2/c24-18(25)17-15-3-2-13-12-20-5-4-14(13)16(15)21-23(17)9-1-8-22-10-6-19-7-11-22;3-2(4,5)1(6)7/h4-5,12,19H,1-3,6-11H2,(H,24,25);(H,6,7). The number of aryl methyl sites for hydroxylation is 2. The Morgan fingerprint density at radius 1 is 1.12 bits per heavy atom. The number of piperazine rings is 1. The molecule has 1 fully saturated rings. The first-order valence-electron chi connectivity index (χ1n) is 10.2. The number of rotatable bonds is 5. The summed E-state index contributed by atoms with van der Waals surface area (Å²) in [5, 5.41) is 24.9. The zero-order chi connectivity index (χ0) is 23.3. The van der Waals surface area contributed by atoms with E-state index in [1.54, 1.807) is 10.9 Å². The predicted octanol–water partition coefficient (Wildman–Crippen LogP) is 1.67. The molecule has 1 aliphatic heterocycles. The summed E-state index contributed by atoms with van der Waals surface area (Å²) in [6, 6.07) is 1.94. The fourth-order valence-electron chi connectivity index (χ4n) is 3.85. The Morgan fingerprint density at radius 2 is 1.81 bits per heavy atom. The number of pyridine rings is 1. The number of nitrogens with one attached hydrogen (secondary N) is 1. The van der Waals surface area contributed by atoms with Crippen LogP contribution in [0.25, 0.3) is 11.3 Å². The number of aliphatic carboxylic acids is 1. The molecule has 174 valence electrons. The van der Waals surface area contributed by atoms with Crippen LogP contribution in [0.15, 0.2) is 18.5 Å². The van der Waals surface area contributed by atoms with E-state index in [-0.39, 0.29) is 0 Å². The van der Waals surface area contributed by atoms with Crippen molar-refractivity contribution < 1.29 is 33.0 Å². The monoisotopic (exact) mass is 455 g/mol. The lowest BCUT2D eigenvalue weighted by Gasteiger charge is -2.27. The third kappa shape index (κ3) is 5.62. The van der Waals surface area contributed by atoms with Crippen molar-refractivity contribution in [2.75, 3.05) is 32.7 Å². The second kappa shape index (κ2) is 10.1. The summed E-state index contributed by atoms with van der Waals surface area (Å²) in [6.07, 6.45) is 0.973. The first-order valence-corrected chi connectivity index (χ1v) is 10.2. The van der Waals surface area contributed by atoms with Crippen molar-refractivity contribution >= 4 is 11.9 Å². The van der Waals surface area contributed by atoms with E-state index >= 15 is 0 Å². The molecule has 4 rings (SSSR count). The topological polar surface area (TPSA) is 121 Å². The number of hydrogen-bond acceptors (Lipinski definition) is 6. The van der Waals surface area contributed by atoms with Gasteiger partial charge in [-0.05, 0) is 37.4 Å². The third-order valence-corrected chi connectivity index (χ3v) is 5.35. The minimum atomic E-state index is -5.08. The molecule has 2 aromatic heterocycles. The van der Waals surface area contributed by atoms with Crippen LogP contribution in [0.3, 0.4) is 0 Å². The number of carbonyl (C=O) groups is 2. The zero-order valence-electron chi connectivity index (χ0n) is 17.2. The van der Waals surface area contributed by atoms with Crippen LogP contribution < -0.4 is 5.32 Å². The number of nitrogens with zero attached hydrogens (tertiary/aromatic N) is 4. The van der Waals surface area contributed by atoms with Crippen LogP contribution in [0.1, 0.15) is 28.0 Å². The zero-order valence-corrected chi connectivity index (χ0v) is 17.2. The van der Waals surface area contributed by atoms with Gasteiger partial charge in [-0.15, -0.1) is 0 Å². The van der Waals surface area contributed by atoms with Crippen LogP contribution in [0, 0.1) is 0 Å². The fraction of sp³-hybridized carbons (Fsp3) is 0.500.